The van der Waals surface area contributed by atoms with Crippen LogP contribution in [0.3, 0.4) is 0 Å². The fraction of sp³-hybridized carbons (Fsp3) is 0.667. The van der Waals surface area contributed by atoms with Crippen LogP contribution in [0.5, 0.6) is 5.88 Å². The molecule has 17 heavy (non-hydrogen) atoms. The number of nitrogens with zero attached hydrogens (tertiary/aromatic N) is 2. The Balaban J connectivity index is 1.80. The second kappa shape index (κ2) is 6.51. The fourth-order valence-electron chi connectivity index (χ4n) is 1.51. The molecule has 5 heteroatoms. The Morgan fingerprint density at radius 3 is 3.06 bits per heavy atom. The Kier molecular flexibility index (Phi) is 4.70. The molecule has 5 nitrogen and oxygen atoms in total. The summed E-state index contributed by atoms with van der Waals surface area (Å²) in [6, 6.07) is 0.677. The summed E-state index contributed by atoms with van der Waals surface area (Å²) in [5.74, 6) is 0.684. The second-order valence-corrected chi connectivity index (χ2v) is 4.20. The van der Waals surface area contributed by atoms with Crippen LogP contribution in [0.25, 0.3) is 0 Å². The Bertz CT molecular complexity index is 342. The van der Waals surface area contributed by atoms with Crippen LogP contribution in [0.1, 0.15) is 24.8 Å². The van der Waals surface area contributed by atoms with Crippen LogP contribution < -0.4 is 10.1 Å². The maximum Gasteiger partial charge on any atom is 0.220 e. The summed E-state index contributed by atoms with van der Waals surface area (Å²) in [5, 5.41) is 3.43. The van der Waals surface area contributed by atoms with Crippen molar-refractivity contribution in [2.45, 2.75) is 31.8 Å². The summed E-state index contributed by atoms with van der Waals surface area (Å²) < 4.78 is 10.6. The first-order chi connectivity index (χ1) is 8.40. The van der Waals surface area contributed by atoms with E-state index in [-0.39, 0.29) is 0 Å². The van der Waals surface area contributed by atoms with Crippen molar-refractivity contribution in [1.82, 2.24) is 15.3 Å². The van der Waals surface area contributed by atoms with Crippen molar-refractivity contribution in [2.24, 2.45) is 0 Å². The largest absolute Gasteiger partial charge is 0.477 e. The van der Waals surface area contributed by atoms with E-state index >= 15 is 0 Å². The van der Waals surface area contributed by atoms with Gasteiger partial charge < -0.3 is 14.8 Å². The lowest BCUT2D eigenvalue weighted by Gasteiger charge is -2.09. The van der Waals surface area contributed by atoms with Crippen molar-refractivity contribution in [2.75, 3.05) is 20.3 Å². The van der Waals surface area contributed by atoms with E-state index in [1.807, 2.05) is 6.20 Å². The van der Waals surface area contributed by atoms with Crippen molar-refractivity contribution in [3.63, 3.8) is 0 Å². The van der Waals surface area contributed by atoms with Crippen molar-refractivity contribution in [3.8, 4) is 5.88 Å². The standard InChI is InChI=1S/C12H19N3O2/c1-16-5-2-6-17-12-10(7-13-9-15-12)8-14-11-3-4-11/h7,9,11,14H,2-6,8H2,1H3. The molecule has 1 heterocycles. The number of ether oxygens (including phenoxy) is 2. The van der Waals surface area contributed by atoms with E-state index in [2.05, 4.69) is 15.3 Å². The average Bonchev–Trinajstić information content (AvgIpc) is 3.17. The van der Waals surface area contributed by atoms with Crippen molar-refractivity contribution in [3.05, 3.63) is 18.1 Å². The summed E-state index contributed by atoms with van der Waals surface area (Å²) >= 11 is 0. The highest BCUT2D eigenvalue weighted by atomic mass is 16.5. The minimum Gasteiger partial charge on any atom is -0.477 e. The zero-order valence-electron chi connectivity index (χ0n) is 10.2. The molecular formula is C12H19N3O2. The zero-order chi connectivity index (χ0) is 11.9. The Labute approximate surface area is 102 Å². The van der Waals surface area contributed by atoms with Gasteiger partial charge in [0.25, 0.3) is 0 Å². The Hall–Kier alpha value is -1.20. The van der Waals surface area contributed by atoms with Gasteiger partial charge in [0.2, 0.25) is 5.88 Å². The summed E-state index contributed by atoms with van der Waals surface area (Å²) in [5.41, 5.74) is 1.02. The smallest absolute Gasteiger partial charge is 0.220 e. The maximum absolute atomic E-state index is 5.62. The lowest BCUT2D eigenvalue weighted by atomic mass is 10.3. The molecule has 1 aromatic rings. The average molecular weight is 237 g/mol. The number of aromatic nitrogens is 2. The summed E-state index contributed by atoms with van der Waals surface area (Å²) in [6.07, 6.45) is 6.76. The molecule has 0 bridgehead atoms. The molecule has 1 aliphatic carbocycles. The third-order valence-electron chi connectivity index (χ3n) is 2.64. The summed E-state index contributed by atoms with van der Waals surface area (Å²) in [7, 11) is 1.69. The highest BCUT2D eigenvalue weighted by Gasteiger charge is 2.20. The second-order valence-electron chi connectivity index (χ2n) is 4.20. The number of rotatable bonds is 8. The van der Waals surface area contributed by atoms with Gasteiger partial charge >= 0.3 is 0 Å². The molecule has 1 fully saturated rings. The normalized spacial score (nSPS) is 14.9. The molecule has 2 rings (SSSR count). The van der Waals surface area contributed by atoms with Gasteiger partial charge in [0.05, 0.1) is 6.61 Å². The summed E-state index contributed by atoms with van der Waals surface area (Å²) in [4.78, 5) is 8.19. The van der Waals surface area contributed by atoms with Crippen LogP contribution in [-0.4, -0.2) is 36.3 Å². The zero-order valence-corrected chi connectivity index (χ0v) is 10.2. The van der Waals surface area contributed by atoms with Gasteiger partial charge in [-0.2, -0.15) is 0 Å². The van der Waals surface area contributed by atoms with E-state index in [1.54, 1.807) is 7.11 Å². The molecule has 1 aromatic heterocycles. The molecule has 0 spiro atoms. The van der Waals surface area contributed by atoms with Gasteiger partial charge in [-0.1, -0.05) is 0 Å². The molecule has 0 radical (unpaired) electrons. The number of hydrogen-bond acceptors (Lipinski definition) is 5. The minimum atomic E-state index is 0.626. The van der Waals surface area contributed by atoms with Crippen molar-refractivity contribution in [1.29, 1.82) is 0 Å². The maximum atomic E-state index is 5.62. The van der Waals surface area contributed by atoms with Gasteiger partial charge in [-0.25, -0.2) is 9.97 Å². The molecule has 0 unspecified atom stereocenters. The van der Waals surface area contributed by atoms with Crippen LogP contribution in [0, 0.1) is 0 Å². The van der Waals surface area contributed by atoms with E-state index in [1.165, 1.54) is 19.2 Å². The van der Waals surface area contributed by atoms with Gasteiger partial charge in [-0.3, -0.25) is 0 Å². The van der Waals surface area contributed by atoms with Crippen molar-refractivity contribution >= 4 is 0 Å². The van der Waals surface area contributed by atoms with Gasteiger partial charge in [0.1, 0.15) is 6.33 Å². The fourth-order valence-corrected chi connectivity index (χ4v) is 1.51. The highest BCUT2D eigenvalue weighted by Crippen LogP contribution is 2.20. The first kappa shape index (κ1) is 12.3. The van der Waals surface area contributed by atoms with Gasteiger partial charge in [-0.05, 0) is 12.8 Å². The van der Waals surface area contributed by atoms with E-state index in [9.17, 15) is 0 Å². The Morgan fingerprint density at radius 2 is 2.29 bits per heavy atom. The van der Waals surface area contributed by atoms with Gasteiger partial charge in [0, 0.05) is 44.5 Å². The number of hydrogen-bond donors (Lipinski definition) is 1. The number of nitrogens with one attached hydrogen (secondary N) is 1. The first-order valence-electron chi connectivity index (χ1n) is 6.04. The predicted molar refractivity (Wildman–Crippen MR) is 63.9 cm³/mol. The molecule has 0 atom stereocenters. The van der Waals surface area contributed by atoms with E-state index < -0.39 is 0 Å². The molecule has 0 saturated heterocycles. The Morgan fingerprint density at radius 1 is 1.41 bits per heavy atom. The highest BCUT2D eigenvalue weighted by molar-refractivity contribution is 5.22. The first-order valence-corrected chi connectivity index (χ1v) is 6.04. The molecule has 1 aliphatic rings. The molecule has 1 N–H and O–H groups in total. The van der Waals surface area contributed by atoms with E-state index in [4.69, 9.17) is 9.47 Å². The quantitative estimate of drug-likeness (QED) is 0.687. The molecule has 0 aliphatic heterocycles. The number of methoxy groups -OCH3 is 1. The SMILES string of the molecule is COCCCOc1ncncc1CNC1CC1. The topological polar surface area (TPSA) is 56.3 Å². The third kappa shape index (κ3) is 4.28. The van der Waals surface area contributed by atoms with Crippen LogP contribution >= 0.6 is 0 Å². The van der Waals surface area contributed by atoms with E-state index in [0.29, 0.717) is 25.1 Å². The lowest BCUT2D eigenvalue weighted by molar-refractivity contribution is 0.170. The van der Waals surface area contributed by atoms with Gasteiger partial charge in [0.15, 0.2) is 0 Å². The monoisotopic (exact) mass is 237 g/mol. The van der Waals surface area contributed by atoms with Crippen LogP contribution in [0.2, 0.25) is 0 Å². The van der Waals surface area contributed by atoms with E-state index in [0.717, 1.165) is 18.5 Å². The molecule has 94 valence electrons. The molecule has 0 aromatic carbocycles. The molecule has 1 saturated carbocycles. The van der Waals surface area contributed by atoms with Gasteiger partial charge in [-0.15, -0.1) is 0 Å². The summed E-state index contributed by atoms with van der Waals surface area (Å²) in [6.45, 7) is 2.12. The van der Waals surface area contributed by atoms with Crippen molar-refractivity contribution < 1.29 is 9.47 Å². The minimum absolute atomic E-state index is 0.626. The third-order valence-corrected chi connectivity index (χ3v) is 2.64. The van der Waals surface area contributed by atoms with Crippen LogP contribution in [0.15, 0.2) is 12.5 Å². The van der Waals surface area contributed by atoms with Crippen LogP contribution in [0.4, 0.5) is 0 Å². The van der Waals surface area contributed by atoms with Crippen LogP contribution in [-0.2, 0) is 11.3 Å². The predicted octanol–water partition coefficient (Wildman–Crippen LogP) is 1.14. The lowest BCUT2D eigenvalue weighted by Crippen LogP contribution is -2.17. The molecule has 0 amide bonds. The molecular weight excluding hydrogens is 218 g/mol.